The first-order valence-corrected chi connectivity index (χ1v) is 13.5. The van der Waals surface area contributed by atoms with Gasteiger partial charge in [0.25, 0.3) is 0 Å². The lowest BCUT2D eigenvalue weighted by Crippen LogP contribution is -2.65. The van der Waals surface area contributed by atoms with E-state index in [0.29, 0.717) is 24.4 Å². The summed E-state index contributed by atoms with van der Waals surface area (Å²) in [5, 5.41) is 16.9. The van der Waals surface area contributed by atoms with Gasteiger partial charge in [0.15, 0.2) is 0 Å². The Morgan fingerprint density at radius 1 is 1.18 bits per heavy atom. The largest absolute Gasteiger partial charge is 0.480 e. The Kier molecular flexibility index (Phi) is 5.25. The van der Waals surface area contributed by atoms with Crippen molar-refractivity contribution < 1.29 is 24.0 Å². The number of nitrogens with one attached hydrogen (secondary N) is 2. The van der Waals surface area contributed by atoms with Crippen LogP contribution < -0.4 is 10.6 Å². The van der Waals surface area contributed by atoms with Crippen molar-refractivity contribution in [2.45, 2.75) is 95.3 Å². The first-order chi connectivity index (χ1) is 16.1. The van der Waals surface area contributed by atoms with Gasteiger partial charge in [-0.3, -0.25) is 14.9 Å². The normalized spacial score (nSPS) is 46.3. The Morgan fingerprint density at radius 2 is 2.00 bits per heavy atom. The van der Waals surface area contributed by atoms with Crippen molar-refractivity contribution in [1.29, 1.82) is 0 Å². The molecule has 4 aliphatic heterocycles. The number of rotatable bonds is 6. The van der Waals surface area contributed by atoms with Crippen molar-refractivity contribution in [1.82, 2.24) is 15.5 Å². The number of likely N-dealkylation sites (tertiary alicyclic amines) is 1. The second-order valence-electron chi connectivity index (χ2n) is 12.8. The molecule has 3 N–H and O–H groups in total. The molecular weight excluding hydrogens is 433 g/mol. The molecule has 4 heterocycles. The molecule has 7 aliphatic rings. The first-order valence-electron chi connectivity index (χ1n) is 13.5. The molecule has 0 unspecified atom stereocenters. The van der Waals surface area contributed by atoms with Gasteiger partial charge in [-0.25, -0.2) is 0 Å². The molecule has 0 spiro atoms. The van der Waals surface area contributed by atoms with Crippen LogP contribution in [0.4, 0.5) is 0 Å². The maximum absolute atomic E-state index is 13.1. The summed E-state index contributed by atoms with van der Waals surface area (Å²) < 4.78 is 13.0. The van der Waals surface area contributed by atoms with Crippen LogP contribution in [-0.4, -0.2) is 78.5 Å². The number of fused-ring (bicyclic) bond motifs is 1. The lowest BCUT2D eigenvalue weighted by Gasteiger charge is -2.64. The van der Waals surface area contributed by atoms with E-state index in [2.05, 4.69) is 31.4 Å². The van der Waals surface area contributed by atoms with Crippen molar-refractivity contribution >= 4 is 19.0 Å². The summed E-state index contributed by atoms with van der Waals surface area (Å²) >= 11 is 0. The van der Waals surface area contributed by atoms with E-state index in [1.165, 1.54) is 6.42 Å². The van der Waals surface area contributed by atoms with Gasteiger partial charge in [0.2, 0.25) is 5.91 Å². The average Bonchev–Trinajstić information content (AvgIpc) is 3.53. The number of carboxylic acids is 1. The third kappa shape index (κ3) is 3.05. The highest BCUT2D eigenvalue weighted by Crippen LogP contribution is 2.66. The number of hydrogen-bond acceptors (Lipinski definition) is 6. The molecule has 8 nitrogen and oxygen atoms in total. The summed E-state index contributed by atoms with van der Waals surface area (Å²) in [7, 11) is -0.211. The standard InChI is InChI=1S/C25H40BN3O5/c1-22(2)16-12-18(22)23(3)19(13-16)33-26(34-23)9-5-7-24-8-11-28-25(24,21(31)32)15-29(14-24)20(30)17-6-4-10-27-17/h16-19,27-28H,4-15H2,1-3H3,(H,31,32)/t16-,17+,18-,19+,23-,24-,25-/m1/s1. The van der Waals surface area contributed by atoms with Crippen LogP contribution in [0.1, 0.15) is 65.7 Å². The molecule has 7 fully saturated rings. The molecule has 7 rings (SSSR count). The predicted octanol–water partition coefficient (Wildman–Crippen LogP) is 1.89. The second kappa shape index (κ2) is 7.67. The van der Waals surface area contributed by atoms with Gasteiger partial charge in [-0.05, 0) is 82.1 Å². The Morgan fingerprint density at radius 3 is 2.71 bits per heavy atom. The van der Waals surface area contributed by atoms with Gasteiger partial charge in [0.1, 0.15) is 5.54 Å². The number of carbonyl (C=O) groups is 2. The summed E-state index contributed by atoms with van der Waals surface area (Å²) in [6.07, 6.45) is 7.50. The smallest absolute Gasteiger partial charge is 0.457 e. The Balaban J connectivity index is 1.12. The minimum absolute atomic E-state index is 0.0646. The molecule has 3 aliphatic carbocycles. The summed E-state index contributed by atoms with van der Waals surface area (Å²) in [4.78, 5) is 27.5. The molecule has 7 atom stereocenters. The number of hydrogen-bond donors (Lipinski definition) is 3. The fourth-order valence-electron chi connectivity index (χ4n) is 8.80. The maximum Gasteiger partial charge on any atom is 0.457 e. The summed E-state index contributed by atoms with van der Waals surface area (Å²) in [5.41, 5.74) is -1.37. The molecule has 188 valence electrons. The van der Waals surface area contributed by atoms with Gasteiger partial charge in [-0.2, -0.15) is 0 Å². The quantitative estimate of drug-likeness (QED) is 0.507. The number of nitrogens with zero attached hydrogens (tertiary/aromatic N) is 1. The number of amides is 1. The highest BCUT2D eigenvalue weighted by molar-refractivity contribution is 6.45. The van der Waals surface area contributed by atoms with Gasteiger partial charge < -0.3 is 24.6 Å². The zero-order valence-corrected chi connectivity index (χ0v) is 20.9. The summed E-state index contributed by atoms with van der Waals surface area (Å²) in [5.74, 6) is 0.516. The Hall–Kier alpha value is -1.16. The highest BCUT2D eigenvalue weighted by Gasteiger charge is 2.68. The SMILES string of the molecule is CC1(C)[C@H]2C[C@@H]3OB(CCC[C@]45CCN[C@@]4(C(=O)O)CN(C(=O)[C@@H]4CCCN4)C5)O[C@]3(C)[C@@H]1C2. The molecule has 34 heavy (non-hydrogen) atoms. The third-order valence-corrected chi connectivity index (χ3v) is 11.0. The average molecular weight is 473 g/mol. The fourth-order valence-corrected chi connectivity index (χ4v) is 8.80. The van der Waals surface area contributed by atoms with Crippen molar-refractivity contribution in [3.05, 3.63) is 0 Å². The van der Waals surface area contributed by atoms with Crippen LogP contribution in [0.2, 0.25) is 6.32 Å². The van der Waals surface area contributed by atoms with Gasteiger partial charge in [-0.15, -0.1) is 0 Å². The van der Waals surface area contributed by atoms with E-state index < -0.39 is 16.9 Å². The third-order valence-electron chi connectivity index (χ3n) is 11.0. The maximum atomic E-state index is 13.1. The Labute approximate surface area is 203 Å². The summed E-state index contributed by atoms with van der Waals surface area (Å²) in [6.45, 7) is 9.31. The van der Waals surface area contributed by atoms with E-state index >= 15 is 0 Å². The molecule has 9 heteroatoms. The number of aliphatic carboxylic acids is 1. The van der Waals surface area contributed by atoms with E-state index in [4.69, 9.17) is 9.31 Å². The van der Waals surface area contributed by atoms with Crippen LogP contribution in [0.3, 0.4) is 0 Å². The topological polar surface area (TPSA) is 100 Å². The van der Waals surface area contributed by atoms with Gasteiger partial charge >= 0.3 is 13.1 Å². The van der Waals surface area contributed by atoms with Crippen LogP contribution in [0.15, 0.2) is 0 Å². The molecule has 3 saturated carbocycles. The van der Waals surface area contributed by atoms with Crippen molar-refractivity contribution in [3.63, 3.8) is 0 Å². The molecule has 2 bridgehead atoms. The minimum atomic E-state index is -1.05. The molecule has 0 aromatic rings. The lowest BCUT2D eigenvalue weighted by atomic mass is 9.43. The minimum Gasteiger partial charge on any atom is -0.480 e. The zero-order valence-electron chi connectivity index (χ0n) is 20.9. The first kappa shape index (κ1) is 23.3. The molecule has 4 saturated heterocycles. The van der Waals surface area contributed by atoms with E-state index in [0.717, 1.165) is 57.3 Å². The van der Waals surface area contributed by atoms with Crippen LogP contribution >= 0.6 is 0 Å². The van der Waals surface area contributed by atoms with E-state index in [1.54, 1.807) is 0 Å². The predicted molar refractivity (Wildman–Crippen MR) is 127 cm³/mol. The van der Waals surface area contributed by atoms with E-state index in [-0.39, 0.29) is 37.3 Å². The zero-order chi connectivity index (χ0) is 23.9. The van der Waals surface area contributed by atoms with Gasteiger partial charge in [-0.1, -0.05) is 20.3 Å². The molecular formula is C25H40BN3O5. The highest BCUT2D eigenvalue weighted by atomic mass is 16.7. The van der Waals surface area contributed by atoms with Gasteiger partial charge in [0.05, 0.1) is 24.3 Å². The lowest BCUT2D eigenvalue weighted by molar-refractivity contribution is -0.199. The van der Waals surface area contributed by atoms with Crippen LogP contribution in [0.25, 0.3) is 0 Å². The van der Waals surface area contributed by atoms with Crippen LogP contribution in [0, 0.1) is 22.7 Å². The fraction of sp³-hybridized carbons (Fsp3) is 0.920. The van der Waals surface area contributed by atoms with Gasteiger partial charge in [0, 0.05) is 12.0 Å². The van der Waals surface area contributed by atoms with Crippen LogP contribution in [0.5, 0.6) is 0 Å². The molecule has 0 aromatic carbocycles. The molecule has 1 amide bonds. The number of carbonyl (C=O) groups excluding carboxylic acids is 1. The van der Waals surface area contributed by atoms with E-state index in [9.17, 15) is 14.7 Å². The monoisotopic (exact) mass is 473 g/mol. The van der Waals surface area contributed by atoms with E-state index in [1.807, 2.05) is 4.90 Å². The summed E-state index contributed by atoms with van der Waals surface area (Å²) in [6, 6.07) is -0.165. The van der Waals surface area contributed by atoms with Crippen molar-refractivity contribution in [2.24, 2.45) is 22.7 Å². The molecule has 0 aromatic heterocycles. The molecule has 0 radical (unpaired) electrons. The Bertz CT molecular complexity index is 881. The van der Waals surface area contributed by atoms with Crippen molar-refractivity contribution in [3.8, 4) is 0 Å². The number of carboxylic acid groups (broad SMARTS) is 1. The second-order valence-corrected chi connectivity index (χ2v) is 12.8. The van der Waals surface area contributed by atoms with Crippen molar-refractivity contribution in [2.75, 3.05) is 26.2 Å². The van der Waals surface area contributed by atoms with Crippen LogP contribution in [-0.2, 0) is 18.9 Å².